The monoisotopic (exact) mass is 376 g/mol. The maximum atomic E-state index is 13.2. The zero-order valence-electron chi connectivity index (χ0n) is 16.7. The molecule has 2 heterocycles. The molecule has 0 radical (unpaired) electrons. The minimum atomic E-state index is -0.877. The van der Waals surface area contributed by atoms with Crippen LogP contribution in [0.2, 0.25) is 0 Å². The number of aliphatic hydroxyl groups excluding tert-OH is 1. The Labute approximate surface area is 162 Å². The number of hydrogen-bond acceptors (Lipinski definition) is 3. The van der Waals surface area contributed by atoms with Crippen molar-refractivity contribution in [2.24, 2.45) is 5.92 Å². The standard InChI is InChI=1S/C22H33FN2O2/c1-17(2)15-20(26)21(27)24-12-3-9-22(11-14-24)10-4-13-25(22)16-18-5-7-19(23)8-6-18/h5-8,17,20,26H,3-4,9-16H2,1-2H3. The molecule has 27 heavy (non-hydrogen) atoms. The van der Waals surface area contributed by atoms with E-state index < -0.39 is 6.10 Å². The molecule has 150 valence electrons. The van der Waals surface area contributed by atoms with Crippen LogP contribution in [0.1, 0.15) is 57.9 Å². The average molecular weight is 377 g/mol. The van der Waals surface area contributed by atoms with Crippen molar-refractivity contribution in [3.8, 4) is 0 Å². The molecule has 1 amide bonds. The number of aliphatic hydroxyl groups is 1. The van der Waals surface area contributed by atoms with Crippen LogP contribution in [0.25, 0.3) is 0 Å². The van der Waals surface area contributed by atoms with Gasteiger partial charge in [0, 0.05) is 25.2 Å². The third kappa shape index (κ3) is 4.88. The molecule has 0 aromatic heterocycles. The van der Waals surface area contributed by atoms with Gasteiger partial charge in [-0.15, -0.1) is 0 Å². The first-order valence-electron chi connectivity index (χ1n) is 10.4. The van der Waals surface area contributed by atoms with Crippen molar-refractivity contribution in [1.29, 1.82) is 0 Å². The number of carbonyl (C=O) groups is 1. The van der Waals surface area contributed by atoms with E-state index in [2.05, 4.69) is 4.90 Å². The van der Waals surface area contributed by atoms with E-state index in [1.165, 1.54) is 18.6 Å². The highest BCUT2D eigenvalue weighted by Crippen LogP contribution is 2.39. The van der Waals surface area contributed by atoms with E-state index in [1.807, 2.05) is 30.9 Å². The van der Waals surface area contributed by atoms with Crippen LogP contribution in [0.3, 0.4) is 0 Å². The van der Waals surface area contributed by atoms with Gasteiger partial charge >= 0.3 is 0 Å². The quantitative estimate of drug-likeness (QED) is 0.854. The van der Waals surface area contributed by atoms with Crippen LogP contribution in [0, 0.1) is 11.7 Å². The lowest BCUT2D eigenvalue weighted by atomic mass is 9.87. The molecule has 5 heteroatoms. The first kappa shape index (κ1) is 20.3. The molecule has 1 aromatic rings. The predicted octanol–water partition coefficient (Wildman–Crippen LogP) is 3.58. The molecule has 1 spiro atoms. The molecule has 2 unspecified atom stereocenters. The fourth-order valence-electron chi connectivity index (χ4n) is 4.77. The highest BCUT2D eigenvalue weighted by atomic mass is 19.1. The number of carbonyl (C=O) groups excluding carboxylic acids is 1. The van der Waals surface area contributed by atoms with Gasteiger partial charge in [-0.1, -0.05) is 26.0 Å². The summed E-state index contributed by atoms with van der Waals surface area (Å²) in [5, 5.41) is 10.2. The van der Waals surface area contributed by atoms with Gasteiger partial charge in [0.1, 0.15) is 11.9 Å². The normalized spacial score (nSPS) is 25.1. The van der Waals surface area contributed by atoms with Crippen LogP contribution in [-0.4, -0.2) is 52.1 Å². The number of benzene rings is 1. The predicted molar refractivity (Wildman–Crippen MR) is 105 cm³/mol. The van der Waals surface area contributed by atoms with Crippen LogP contribution in [0.15, 0.2) is 24.3 Å². The third-order valence-electron chi connectivity index (χ3n) is 6.24. The number of amides is 1. The lowest BCUT2D eigenvalue weighted by Crippen LogP contribution is -2.45. The summed E-state index contributed by atoms with van der Waals surface area (Å²) in [5.74, 6) is 0.00518. The summed E-state index contributed by atoms with van der Waals surface area (Å²) in [4.78, 5) is 17.0. The Kier molecular flexibility index (Phi) is 6.53. The van der Waals surface area contributed by atoms with E-state index in [4.69, 9.17) is 0 Å². The van der Waals surface area contributed by atoms with Crippen LogP contribution in [0.4, 0.5) is 4.39 Å². The van der Waals surface area contributed by atoms with Gasteiger partial charge in [0.2, 0.25) is 0 Å². The van der Waals surface area contributed by atoms with E-state index in [0.29, 0.717) is 18.9 Å². The van der Waals surface area contributed by atoms with E-state index in [9.17, 15) is 14.3 Å². The Morgan fingerprint density at radius 3 is 2.44 bits per heavy atom. The number of nitrogens with zero attached hydrogens (tertiary/aromatic N) is 2. The largest absolute Gasteiger partial charge is 0.383 e. The lowest BCUT2D eigenvalue weighted by molar-refractivity contribution is -0.141. The fraction of sp³-hybridized carbons (Fsp3) is 0.682. The molecule has 3 rings (SSSR count). The van der Waals surface area contributed by atoms with Gasteiger partial charge in [0.05, 0.1) is 0 Å². The number of likely N-dealkylation sites (tertiary alicyclic amines) is 2. The topological polar surface area (TPSA) is 43.8 Å². The SMILES string of the molecule is CC(C)CC(O)C(=O)N1CCCC2(CCCN2Cc2ccc(F)cc2)CC1. The van der Waals surface area contributed by atoms with Gasteiger partial charge < -0.3 is 10.0 Å². The second kappa shape index (κ2) is 8.70. The highest BCUT2D eigenvalue weighted by Gasteiger charge is 2.42. The summed E-state index contributed by atoms with van der Waals surface area (Å²) in [6, 6.07) is 6.80. The summed E-state index contributed by atoms with van der Waals surface area (Å²) in [5.41, 5.74) is 1.27. The maximum Gasteiger partial charge on any atom is 0.251 e. The molecule has 2 aliphatic rings. The second-order valence-electron chi connectivity index (χ2n) is 8.70. The lowest BCUT2D eigenvalue weighted by Gasteiger charge is -2.38. The van der Waals surface area contributed by atoms with Gasteiger partial charge in [0.25, 0.3) is 5.91 Å². The fourth-order valence-corrected chi connectivity index (χ4v) is 4.77. The number of hydrogen-bond donors (Lipinski definition) is 1. The molecule has 0 saturated carbocycles. The summed E-state index contributed by atoms with van der Waals surface area (Å²) in [6.45, 7) is 7.40. The van der Waals surface area contributed by atoms with Crippen LogP contribution >= 0.6 is 0 Å². The van der Waals surface area contributed by atoms with Crippen molar-refractivity contribution >= 4 is 5.91 Å². The van der Waals surface area contributed by atoms with Gasteiger partial charge in [-0.3, -0.25) is 9.69 Å². The molecule has 0 aliphatic carbocycles. The first-order valence-corrected chi connectivity index (χ1v) is 10.4. The van der Waals surface area contributed by atoms with Crippen molar-refractivity contribution in [3.05, 3.63) is 35.6 Å². The smallest absolute Gasteiger partial charge is 0.251 e. The Bertz CT molecular complexity index is 634. The molecule has 1 aromatic carbocycles. The van der Waals surface area contributed by atoms with Gasteiger partial charge in [0.15, 0.2) is 0 Å². The van der Waals surface area contributed by atoms with Crippen LogP contribution in [0.5, 0.6) is 0 Å². The van der Waals surface area contributed by atoms with Crippen molar-refractivity contribution < 1.29 is 14.3 Å². The van der Waals surface area contributed by atoms with E-state index in [0.717, 1.165) is 50.9 Å². The van der Waals surface area contributed by atoms with E-state index in [-0.39, 0.29) is 17.3 Å². The van der Waals surface area contributed by atoms with Crippen molar-refractivity contribution in [2.45, 2.75) is 70.6 Å². The van der Waals surface area contributed by atoms with Crippen molar-refractivity contribution in [3.63, 3.8) is 0 Å². The molecule has 4 nitrogen and oxygen atoms in total. The van der Waals surface area contributed by atoms with Crippen LogP contribution < -0.4 is 0 Å². The Hall–Kier alpha value is -1.46. The van der Waals surface area contributed by atoms with E-state index >= 15 is 0 Å². The molecular weight excluding hydrogens is 343 g/mol. The summed E-state index contributed by atoms with van der Waals surface area (Å²) in [7, 11) is 0. The molecule has 2 fully saturated rings. The number of halogens is 1. The van der Waals surface area contributed by atoms with Gasteiger partial charge in [-0.25, -0.2) is 4.39 Å². The maximum absolute atomic E-state index is 13.2. The molecule has 2 atom stereocenters. The summed E-state index contributed by atoms with van der Waals surface area (Å²) >= 11 is 0. The Morgan fingerprint density at radius 1 is 1.11 bits per heavy atom. The molecule has 2 aliphatic heterocycles. The summed E-state index contributed by atoms with van der Waals surface area (Å²) < 4.78 is 13.2. The van der Waals surface area contributed by atoms with Crippen molar-refractivity contribution in [2.75, 3.05) is 19.6 Å². The zero-order chi connectivity index (χ0) is 19.4. The van der Waals surface area contributed by atoms with E-state index in [1.54, 1.807) is 0 Å². The minimum absolute atomic E-state index is 0.108. The molecular formula is C22H33FN2O2. The molecule has 0 bridgehead atoms. The minimum Gasteiger partial charge on any atom is -0.383 e. The Balaban J connectivity index is 1.64. The van der Waals surface area contributed by atoms with Crippen LogP contribution in [-0.2, 0) is 11.3 Å². The van der Waals surface area contributed by atoms with Gasteiger partial charge in [-0.05, 0) is 68.7 Å². The average Bonchev–Trinajstić information content (AvgIpc) is 2.87. The Morgan fingerprint density at radius 2 is 1.78 bits per heavy atom. The summed E-state index contributed by atoms with van der Waals surface area (Å²) in [6.07, 6.45) is 4.98. The van der Waals surface area contributed by atoms with Gasteiger partial charge in [-0.2, -0.15) is 0 Å². The number of rotatable bonds is 5. The third-order valence-corrected chi connectivity index (χ3v) is 6.24. The zero-order valence-corrected chi connectivity index (χ0v) is 16.7. The second-order valence-corrected chi connectivity index (χ2v) is 8.70. The van der Waals surface area contributed by atoms with Crippen molar-refractivity contribution in [1.82, 2.24) is 9.80 Å². The molecule has 1 N–H and O–H groups in total. The molecule has 2 saturated heterocycles. The first-order chi connectivity index (χ1) is 12.9. The highest BCUT2D eigenvalue weighted by molar-refractivity contribution is 5.80.